The molecule has 0 spiro atoms. The minimum absolute atomic E-state index is 0.264. The van der Waals surface area contributed by atoms with Crippen LogP contribution in [-0.4, -0.2) is 10.1 Å². The number of hydrogen-bond donors (Lipinski definition) is 1. The van der Waals surface area contributed by atoms with Crippen molar-refractivity contribution < 1.29 is 13.9 Å². The van der Waals surface area contributed by atoms with Gasteiger partial charge >= 0.3 is 0 Å². The first-order chi connectivity index (χ1) is 6.07. The van der Waals surface area contributed by atoms with Crippen LogP contribution in [0.4, 0.5) is 8.78 Å². The van der Waals surface area contributed by atoms with Crippen LogP contribution in [0.2, 0.25) is 0 Å². The van der Waals surface area contributed by atoms with Crippen LogP contribution in [0.1, 0.15) is 23.2 Å². The third-order valence-corrected chi connectivity index (χ3v) is 2.33. The predicted molar refractivity (Wildman–Crippen MR) is 48.2 cm³/mol. The highest BCUT2D eigenvalue weighted by molar-refractivity contribution is 9.08. The van der Waals surface area contributed by atoms with E-state index in [0.717, 1.165) is 6.20 Å². The first-order valence-electron chi connectivity index (χ1n) is 3.59. The van der Waals surface area contributed by atoms with Crippen molar-refractivity contribution in [2.24, 2.45) is 0 Å². The van der Waals surface area contributed by atoms with Crippen molar-refractivity contribution >= 4 is 15.9 Å². The second kappa shape index (κ2) is 4.00. The molecule has 0 aromatic carbocycles. The highest BCUT2D eigenvalue weighted by atomic mass is 79.9. The van der Waals surface area contributed by atoms with E-state index in [1.54, 1.807) is 6.92 Å². The summed E-state index contributed by atoms with van der Waals surface area (Å²) in [6.45, 7) is 1.63. The van der Waals surface area contributed by atoms with Gasteiger partial charge in [-0.2, -0.15) is 0 Å². The van der Waals surface area contributed by atoms with Crippen LogP contribution in [0.5, 0.6) is 5.75 Å². The summed E-state index contributed by atoms with van der Waals surface area (Å²) in [4.78, 5) is 3.78. The van der Waals surface area contributed by atoms with E-state index in [1.165, 1.54) is 0 Å². The monoisotopic (exact) mass is 251 g/mol. The molecule has 5 heteroatoms. The first kappa shape index (κ1) is 10.4. The molecule has 2 nitrogen and oxygen atoms in total. The minimum atomic E-state index is -2.67. The molecule has 1 rings (SSSR count). The van der Waals surface area contributed by atoms with Crippen molar-refractivity contribution in [3.63, 3.8) is 0 Å². The van der Waals surface area contributed by atoms with Crippen molar-refractivity contribution in [1.82, 2.24) is 4.98 Å². The zero-order valence-electron chi connectivity index (χ0n) is 6.89. The van der Waals surface area contributed by atoms with Crippen LogP contribution in [0.25, 0.3) is 0 Å². The summed E-state index contributed by atoms with van der Waals surface area (Å²) in [7, 11) is 0. The van der Waals surface area contributed by atoms with Crippen molar-refractivity contribution in [1.29, 1.82) is 0 Å². The fraction of sp³-hybridized carbons (Fsp3) is 0.375. The summed E-state index contributed by atoms with van der Waals surface area (Å²) in [5.74, 6) is -0.449. The fourth-order valence-electron chi connectivity index (χ4n) is 1.07. The minimum Gasteiger partial charge on any atom is -0.506 e. The van der Waals surface area contributed by atoms with E-state index in [1.807, 2.05) is 0 Å². The molecule has 0 aliphatic carbocycles. The summed E-state index contributed by atoms with van der Waals surface area (Å²) in [5.41, 5.74) is 0.532. The summed E-state index contributed by atoms with van der Waals surface area (Å²) in [6, 6.07) is 0. The maximum atomic E-state index is 12.4. The molecule has 0 atom stereocenters. The standard InChI is InChI=1S/C8H8BrF2NO/c1-4-5(2-9)7(8(10)11)6(13)3-12-4/h3,8,13H,2H2,1H3. The lowest BCUT2D eigenvalue weighted by atomic mass is 10.1. The Morgan fingerprint density at radius 2 is 2.23 bits per heavy atom. The summed E-state index contributed by atoms with van der Waals surface area (Å²) in [5, 5.41) is 9.42. The van der Waals surface area contributed by atoms with Gasteiger partial charge in [-0.1, -0.05) is 15.9 Å². The third-order valence-electron chi connectivity index (χ3n) is 1.77. The molecule has 0 fully saturated rings. The Balaban J connectivity index is 3.35. The molecular weight excluding hydrogens is 244 g/mol. The van der Waals surface area contributed by atoms with Gasteiger partial charge in [0, 0.05) is 11.0 Å². The Morgan fingerprint density at radius 3 is 2.62 bits per heavy atom. The van der Waals surface area contributed by atoms with Crippen LogP contribution in [-0.2, 0) is 5.33 Å². The first-order valence-corrected chi connectivity index (χ1v) is 4.71. The van der Waals surface area contributed by atoms with Gasteiger partial charge < -0.3 is 5.11 Å². The molecule has 72 valence electrons. The highest BCUT2D eigenvalue weighted by Crippen LogP contribution is 2.33. The third kappa shape index (κ3) is 1.96. The van der Waals surface area contributed by atoms with Gasteiger partial charge in [-0.3, -0.25) is 4.98 Å². The number of aromatic nitrogens is 1. The van der Waals surface area contributed by atoms with E-state index in [2.05, 4.69) is 20.9 Å². The number of alkyl halides is 3. The van der Waals surface area contributed by atoms with E-state index < -0.39 is 12.2 Å². The summed E-state index contributed by atoms with van der Waals surface area (Å²) < 4.78 is 24.9. The maximum Gasteiger partial charge on any atom is 0.267 e. The number of halogens is 3. The van der Waals surface area contributed by atoms with Gasteiger partial charge in [0.15, 0.2) is 0 Å². The summed E-state index contributed by atoms with van der Waals surface area (Å²) >= 11 is 3.08. The molecule has 1 aromatic heterocycles. The highest BCUT2D eigenvalue weighted by Gasteiger charge is 2.19. The number of nitrogens with zero attached hydrogens (tertiary/aromatic N) is 1. The summed E-state index contributed by atoms with van der Waals surface area (Å²) in [6.07, 6.45) is -1.63. The van der Waals surface area contributed by atoms with Crippen LogP contribution in [0.15, 0.2) is 6.20 Å². The number of aromatic hydroxyl groups is 1. The average Bonchev–Trinajstić information content (AvgIpc) is 2.07. The Labute approximate surface area is 82.7 Å². The van der Waals surface area contributed by atoms with Crippen molar-refractivity contribution in [3.05, 3.63) is 23.0 Å². The van der Waals surface area contributed by atoms with Crippen LogP contribution >= 0.6 is 15.9 Å². The van der Waals surface area contributed by atoms with E-state index in [4.69, 9.17) is 5.11 Å². The molecule has 0 aliphatic heterocycles. The molecule has 0 saturated heterocycles. The smallest absolute Gasteiger partial charge is 0.267 e. The normalized spacial score (nSPS) is 10.8. The molecule has 1 heterocycles. The Hall–Kier alpha value is -0.710. The van der Waals surface area contributed by atoms with Gasteiger partial charge in [-0.05, 0) is 12.5 Å². The molecule has 13 heavy (non-hydrogen) atoms. The topological polar surface area (TPSA) is 33.1 Å². The lowest BCUT2D eigenvalue weighted by Crippen LogP contribution is -1.98. The molecule has 1 N–H and O–H groups in total. The Kier molecular flexibility index (Phi) is 3.19. The number of hydrogen-bond acceptors (Lipinski definition) is 2. The van der Waals surface area contributed by atoms with Crippen LogP contribution in [0, 0.1) is 6.92 Å². The van der Waals surface area contributed by atoms with Gasteiger partial charge in [0.1, 0.15) is 5.75 Å². The molecular formula is C8H8BrF2NO. The van der Waals surface area contributed by atoms with E-state index in [0.29, 0.717) is 11.3 Å². The molecule has 0 amide bonds. The average molecular weight is 252 g/mol. The lowest BCUT2D eigenvalue weighted by Gasteiger charge is -2.10. The van der Waals surface area contributed by atoms with Gasteiger partial charge in [0.05, 0.1) is 11.8 Å². The predicted octanol–water partition coefficient (Wildman–Crippen LogP) is 2.93. The van der Waals surface area contributed by atoms with Gasteiger partial charge in [-0.15, -0.1) is 0 Å². The van der Waals surface area contributed by atoms with Gasteiger partial charge in [-0.25, -0.2) is 8.78 Å². The molecule has 1 aromatic rings. The molecule has 0 radical (unpaired) electrons. The van der Waals surface area contributed by atoms with Crippen LogP contribution in [0.3, 0.4) is 0 Å². The van der Waals surface area contributed by atoms with E-state index >= 15 is 0 Å². The molecule has 0 saturated carbocycles. The van der Waals surface area contributed by atoms with E-state index in [-0.39, 0.29) is 10.9 Å². The maximum absolute atomic E-state index is 12.4. The Morgan fingerprint density at radius 1 is 1.62 bits per heavy atom. The second-order valence-electron chi connectivity index (χ2n) is 2.56. The van der Waals surface area contributed by atoms with E-state index in [9.17, 15) is 8.78 Å². The second-order valence-corrected chi connectivity index (χ2v) is 3.12. The number of aryl methyl sites for hydroxylation is 1. The lowest BCUT2D eigenvalue weighted by molar-refractivity contribution is 0.146. The molecule has 0 bridgehead atoms. The number of rotatable bonds is 2. The molecule has 0 aliphatic rings. The van der Waals surface area contributed by atoms with Crippen molar-refractivity contribution in [3.8, 4) is 5.75 Å². The Bertz CT molecular complexity index is 317. The van der Waals surface area contributed by atoms with Crippen molar-refractivity contribution in [2.75, 3.05) is 0 Å². The SMILES string of the molecule is Cc1ncc(O)c(C(F)F)c1CBr. The van der Waals surface area contributed by atoms with Gasteiger partial charge in [0.2, 0.25) is 0 Å². The molecule has 0 unspecified atom stereocenters. The number of pyridine rings is 1. The van der Waals surface area contributed by atoms with Crippen molar-refractivity contribution in [2.45, 2.75) is 18.7 Å². The zero-order chi connectivity index (χ0) is 10.0. The zero-order valence-corrected chi connectivity index (χ0v) is 8.48. The van der Waals surface area contributed by atoms with Gasteiger partial charge in [0.25, 0.3) is 6.43 Å². The fourth-order valence-corrected chi connectivity index (χ4v) is 1.77. The quantitative estimate of drug-likeness (QED) is 0.821. The van der Waals surface area contributed by atoms with Crippen LogP contribution < -0.4 is 0 Å². The largest absolute Gasteiger partial charge is 0.506 e.